The van der Waals surface area contributed by atoms with E-state index in [4.69, 9.17) is 9.47 Å². The monoisotopic (exact) mass is 570 g/mol. The quantitative estimate of drug-likeness (QED) is 0.217. The minimum Gasteiger partial charge on any atom is -0.457 e. The lowest BCUT2D eigenvalue weighted by molar-refractivity contribution is -0.119. The third-order valence-electron chi connectivity index (χ3n) is 9.59. The fourth-order valence-electron chi connectivity index (χ4n) is 7.18. The predicted octanol–water partition coefficient (Wildman–Crippen LogP) is 9.71. The first-order valence-electron chi connectivity index (χ1n) is 16.0. The van der Waals surface area contributed by atoms with Crippen LogP contribution in [0.25, 0.3) is 44.8 Å². The topological polar surface area (TPSA) is 52.6 Å². The molecular weight excluding hydrogens is 532 g/mol. The van der Waals surface area contributed by atoms with Crippen LogP contribution in [0.3, 0.4) is 0 Å². The van der Waals surface area contributed by atoms with Crippen molar-refractivity contribution in [1.29, 1.82) is 0 Å². The summed E-state index contributed by atoms with van der Waals surface area (Å²) in [4.78, 5) is 25.5. The summed E-state index contributed by atoms with van der Waals surface area (Å²) >= 11 is 0. The van der Waals surface area contributed by atoms with Gasteiger partial charge in [-0.25, -0.2) is 0 Å². The van der Waals surface area contributed by atoms with Crippen LogP contribution >= 0.6 is 0 Å². The third-order valence-corrected chi connectivity index (χ3v) is 9.59. The lowest BCUT2D eigenvalue weighted by Crippen LogP contribution is -2.15. The Morgan fingerprint density at radius 1 is 0.558 bits per heavy atom. The van der Waals surface area contributed by atoms with Gasteiger partial charge >= 0.3 is 0 Å². The SMILES string of the molecule is O=C(/C=C\c1ccc2c3c(ccc2c1)OCOc1ccc2cc(/C=C\C(=O)C4CCCCC4)ccc2c1-3)C1CCCCC1. The molecule has 0 amide bonds. The molecule has 2 fully saturated rings. The lowest BCUT2D eigenvalue weighted by Gasteiger charge is -2.18. The van der Waals surface area contributed by atoms with Crippen LogP contribution in [0.1, 0.15) is 75.3 Å². The van der Waals surface area contributed by atoms with E-state index in [1.807, 2.05) is 24.3 Å². The van der Waals surface area contributed by atoms with E-state index >= 15 is 0 Å². The maximum absolute atomic E-state index is 12.8. The van der Waals surface area contributed by atoms with Gasteiger partial charge in [-0.1, -0.05) is 87.1 Å². The van der Waals surface area contributed by atoms with Gasteiger partial charge in [0, 0.05) is 23.0 Å². The summed E-state index contributed by atoms with van der Waals surface area (Å²) in [5.74, 6) is 2.43. The molecule has 3 aliphatic rings. The average Bonchev–Trinajstić information content (AvgIpc) is 3.26. The van der Waals surface area contributed by atoms with Crippen molar-refractivity contribution in [3.8, 4) is 22.6 Å². The number of ketones is 2. The van der Waals surface area contributed by atoms with Gasteiger partial charge in [0.25, 0.3) is 0 Å². The van der Waals surface area contributed by atoms with Crippen molar-refractivity contribution in [2.45, 2.75) is 64.2 Å². The van der Waals surface area contributed by atoms with Gasteiger partial charge in [-0.15, -0.1) is 0 Å². The fraction of sp³-hybridized carbons (Fsp3) is 0.333. The number of rotatable bonds is 6. The molecule has 1 heterocycles. The number of carbonyl (C=O) groups is 2. The van der Waals surface area contributed by atoms with Crippen molar-refractivity contribution in [3.63, 3.8) is 0 Å². The number of ether oxygens (including phenoxy) is 2. The summed E-state index contributed by atoms with van der Waals surface area (Å²) < 4.78 is 12.2. The van der Waals surface area contributed by atoms with Crippen LogP contribution in [0, 0.1) is 11.8 Å². The zero-order valence-corrected chi connectivity index (χ0v) is 24.6. The normalized spacial score (nSPS) is 17.9. The van der Waals surface area contributed by atoms with E-state index in [0.717, 1.165) is 107 Å². The van der Waals surface area contributed by atoms with Crippen molar-refractivity contribution in [3.05, 3.63) is 83.9 Å². The van der Waals surface area contributed by atoms with E-state index in [0.29, 0.717) is 0 Å². The molecule has 2 saturated carbocycles. The molecule has 218 valence electrons. The molecule has 1 aliphatic heterocycles. The second kappa shape index (κ2) is 12.2. The third kappa shape index (κ3) is 5.76. The molecule has 0 N–H and O–H groups in total. The number of allylic oxidation sites excluding steroid dienone is 2. The summed E-state index contributed by atoms with van der Waals surface area (Å²) in [6.45, 7) is 0.144. The van der Waals surface area contributed by atoms with Gasteiger partial charge in [0.2, 0.25) is 6.79 Å². The standard InChI is InChI=1S/C39H38O4/c40-34(28-7-3-1-4-8-28)19-13-26-11-17-32-30(23-26)15-21-36-38(32)39-33-18-12-27(14-20-35(41)29-9-5-2-6-10-29)24-31(33)16-22-37(39)43-25-42-36/h11-24,28-29H,1-10,25H2/b19-13-,20-14-. The Morgan fingerprint density at radius 3 is 1.44 bits per heavy atom. The second-order valence-electron chi connectivity index (χ2n) is 12.4. The smallest absolute Gasteiger partial charge is 0.230 e. The zero-order valence-electron chi connectivity index (χ0n) is 24.6. The first-order valence-corrected chi connectivity index (χ1v) is 16.0. The number of benzene rings is 4. The highest BCUT2D eigenvalue weighted by molar-refractivity contribution is 6.10. The number of hydrogen-bond donors (Lipinski definition) is 0. The first-order chi connectivity index (χ1) is 21.1. The van der Waals surface area contributed by atoms with E-state index < -0.39 is 0 Å². The molecule has 0 unspecified atom stereocenters. The van der Waals surface area contributed by atoms with Crippen LogP contribution < -0.4 is 9.47 Å². The van der Waals surface area contributed by atoms with Gasteiger partial charge in [-0.3, -0.25) is 9.59 Å². The molecule has 0 saturated heterocycles. The van der Waals surface area contributed by atoms with Crippen LogP contribution in [0.2, 0.25) is 0 Å². The van der Waals surface area contributed by atoms with Crippen LogP contribution in [-0.2, 0) is 9.59 Å². The molecule has 0 aromatic heterocycles. The Labute approximate surface area is 253 Å². The zero-order chi connectivity index (χ0) is 29.2. The Bertz CT molecular complexity index is 1620. The summed E-state index contributed by atoms with van der Waals surface area (Å²) in [6.07, 6.45) is 18.6. The summed E-state index contributed by atoms with van der Waals surface area (Å²) in [5.41, 5.74) is 4.06. The molecular formula is C39H38O4. The van der Waals surface area contributed by atoms with Crippen molar-refractivity contribution < 1.29 is 19.1 Å². The van der Waals surface area contributed by atoms with Crippen LogP contribution in [-0.4, -0.2) is 18.4 Å². The summed E-state index contributed by atoms with van der Waals surface area (Å²) in [6, 6.07) is 20.9. The predicted molar refractivity (Wildman–Crippen MR) is 174 cm³/mol. The minimum absolute atomic E-state index is 0.144. The van der Waals surface area contributed by atoms with E-state index in [2.05, 4.69) is 48.5 Å². The Morgan fingerprint density at radius 2 is 1.00 bits per heavy atom. The largest absolute Gasteiger partial charge is 0.457 e. The number of hydrogen-bond acceptors (Lipinski definition) is 4. The molecule has 4 aromatic rings. The van der Waals surface area contributed by atoms with Gasteiger partial charge in [0.05, 0.1) is 0 Å². The van der Waals surface area contributed by atoms with Gasteiger partial charge in [0.1, 0.15) is 11.5 Å². The van der Waals surface area contributed by atoms with Gasteiger partial charge in [-0.2, -0.15) is 0 Å². The van der Waals surface area contributed by atoms with E-state index in [-0.39, 0.29) is 30.2 Å². The fourth-order valence-corrected chi connectivity index (χ4v) is 7.18. The highest BCUT2D eigenvalue weighted by Crippen LogP contribution is 2.47. The molecule has 7 rings (SSSR count). The molecule has 4 aromatic carbocycles. The lowest BCUT2D eigenvalue weighted by atomic mass is 9.86. The molecule has 43 heavy (non-hydrogen) atoms. The van der Waals surface area contributed by atoms with Crippen LogP contribution in [0.4, 0.5) is 0 Å². The highest BCUT2D eigenvalue weighted by Gasteiger charge is 2.23. The van der Waals surface area contributed by atoms with Crippen LogP contribution in [0.15, 0.2) is 72.8 Å². The Kier molecular flexibility index (Phi) is 7.84. The second-order valence-corrected chi connectivity index (χ2v) is 12.4. The first kappa shape index (κ1) is 27.6. The van der Waals surface area contributed by atoms with Gasteiger partial charge < -0.3 is 9.47 Å². The molecule has 2 aliphatic carbocycles. The van der Waals surface area contributed by atoms with E-state index in [1.165, 1.54) is 12.8 Å². The van der Waals surface area contributed by atoms with Gasteiger partial charge in [0.15, 0.2) is 11.6 Å². The molecule has 0 spiro atoms. The number of fused-ring (bicyclic) bond motifs is 7. The molecule has 4 heteroatoms. The highest BCUT2D eigenvalue weighted by atomic mass is 16.7. The van der Waals surface area contributed by atoms with Crippen molar-refractivity contribution in [1.82, 2.24) is 0 Å². The van der Waals surface area contributed by atoms with E-state index in [1.54, 1.807) is 12.2 Å². The van der Waals surface area contributed by atoms with Crippen molar-refractivity contribution in [2.75, 3.05) is 6.79 Å². The van der Waals surface area contributed by atoms with E-state index in [9.17, 15) is 9.59 Å². The summed E-state index contributed by atoms with van der Waals surface area (Å²) in [7, 11) is 0. The van der Waals surface area contributed by atoms with Crippen molar-refractivity contribution >= 4 is 45.3 Å². The Hall–Kier alpha value is -4.18. The summed E-state index contributed by atoms with van der Waals surface area (Å²) in [5, 5.41) is 4.32. The Balaban J connectivity index is 1.23. The molecule has 0 bridgehead atoms. The number of carbonyl (C=O) groups excluding carboxylic acids is 2. The molecule has 0 atom stereocenters. The maximum atomic E-state index is 12.8. The average molecular weight is 571 g/mol. The van der Waals surface area contributed by atoms with Gasteiger partial charge in [-0.05, 0) is 94.8 Å². The minimum atomic E-state index is 0.144. The maximum Gasteiger partial charge on any atom is 0.230 e. The van der Waals surface area contributed by atoms with Crippen LogP contribution in [0.5, 0.6) is 11.5 Å². The van der Waals surface area contributed by atoms with Crippen molar-refractivity contribution in [2.24, 2.45) is 11.8 Å². The molecule has 0 radical (unpaired) electrons. The molecule has 4 nitrogen and oxygen atoms in total.